The summed E-state index contributed by atoms with van der Waals surface area (Å²) < 4.78 is 0. The van der Waals surface area contributed by atoms with Gasteiger partial charge in [0.05, 0.1) is 17.1 Å². The van der Waals surface area contributed by atoms with Crippen molar-refractivity contribution in [1.29, 1.82) is 0 Å². The molecule has 5 heteroatoms. The number of aromatic amines is 1. The van der Waals surface area contributed by atoms with E-state index in [4.69, 9.17) is 5.73 Å². The van der Waals surface area contributed by atoms with Gasteiger partial charge in [-0.1, -0.05) is 19.8 Å². The number of aromatic nitrogens is 2. The van der Waals surface area contributed by atoms with Crippen LogP contribution in [-0.2, 0) is 4.79 Å². The lowest BCUT2D eigenvalue weighted by Gasteiger charge is -2.14. The van der Waals surface area contributed by atoms with Gasteiger partial charge in [0.15, 0.2) is 0 Å². The van der Waals surface area contributed by atoms with Crippen molar-refractivity contribution < 1.29 is 4.79 Å². The molecule has 1 unspecified atom stereocenters. The first kappa shape index (κ1) is 15.7. The SMILES string of the molecule is CCCC(CCN)CCC(=O)Nc1c(C)n[nH]c1C. The van der Waals surface area contributed by atoms with Crippen LogP contribution in [0.15, 0.2) is 0 Å². The van der Waals surface area contributed by atoms with E-state index in [9.17, 15) is 4.79 Å². The summed E-state index contributed by atoms with van der Waals surface area (Å²) in [7, 11) is 0. The number of aryl methyl sites for hydroxylation is 2. The lowest BCUT2D eigenvalue weighted by Crippen LogP contribution is -2.16. The van der Waals surface area contributed by atoms with Gasteiger partial charge >= 0.3 is 0 Å². The number of rotatable bonds is 8. The molecule has 0 saturated carbocycles. The number of nitrogens with zero attached hydrogens (tertiary/aromatic N) is 1. The summed E-state index contributed by atoms with van der Waals surface area (Å²) in [5.41, 5.74) is 8.15. The van der Waals surface area contributed by atoms with Crippen LogP contribution < -0.4 is 11.1 Å². The second-order valence-corrected chi connectivity index (χ2v) is 5.13. The number of amides is 1. The van der Waals surface area contributed by atoms with E-state index in [-0.39, 0.29) is 5.91 Å². The van der Waals surface area contributed by atoms with E-state index in [1.165, 1.54) is 0 Å². The van der Waals surface area contributed by atoms with E-state index in [2.05, 4.69) is 22.4 Å². The monoisotopic (exact) mass is 266 g/mol. The van der Waals surface area contributed by atoms with Gasteiger partial charge in [0.1, 0.15) is 0 Å². The molecule has 0 aliphatic carbocycles. The van der Waals surface area contributed by atoms with Gasteiger partial charge in [0.2, 0.25) is 5.91 Å². The Labute approximate surface area is 115 Å². The van der Waals surface area contributed by atoms with Crippen molar-refractivity contribution in [2.24, 2.45) is 11.7 Å². The number of nitrogens with one attached hydrogen (secondary N) is 2. The summed E-state index contributed by atoms with van der Waals surface area (Å²) in [5.74, 6) is 0.623. The van der Waals surface area contributed by atoms with Crippen LogP contribution in [0.25, 0.3) is 0 Å². The fourth-order valence-corrected chi connectivity index (χ4v) is 2.35. The first-order chi connectivity index (χ1) is 9.08. The van der Waals surface area contributed by atoms with E-state index in [0.717, 1.165) is 42.8 Å². The standard InChI is InChI=1S/C14H26N4O/c1-4-5-12(8-9-15)6-7-13(19)16-14-10(2)17-18-11(14)3/h12H,4-9,15H2,1-3H3,(H,16,19)(H,17,18). The number of nitrogens with two attached hydrogens (primary N) is 1. The Morgan fingerprint density at radius 1 is 1.37 bits per heavy atom. The fourth-order valence-electron chi connectivity index (χ4n) is 2.35. The van der Waals surface area contributed by atoms with Crippen molar-refractivity contribution in [2.45, 2.75) is 52.9 Å². The van der Waals surface area contributed by atoms with E-state index >= 15 is 0 Å². The molecule has 1 atom stereocenters. The Hall–Kier alpha value is -1.36. The normalized spacial score (nSPS) is 12.4. The number of carbonyl (C=O) groups is 1. The van der Waals surface area contributed by atoms with Crippen LogP contribution >= 0.6 is 0 Å². The highest BCUT2D eigenvalue weighted by molar-refractivity contribution is 5.91. The van der Waals surface area contributed by atoms with Crippen LogP contribution in [0.2, 0.25) is 0 Å². The summed E-state index contributed by atoms with van der Waals surface area (Å²) in [6.45, 7) is 6.66. The predicted octanol–water partition coefficient (Wildman–Crippen LogP) is 2.51. The number of carbonyl (C=O) groups excluding carboxylic acids is 1. The van der Waals surface area contributed by atoms with E-state index in [0.29, 0.717) is 18.9 Å². The zero-order valence-corrected chi connectivity index (χ0v) is 12.3. The molecule has 0 radical (unpaired) electrons. The van der Waals surface area contributed by atoms with Crippen molar-refractivity contribution in [3.8, 4) is 0 Å². The van der Waals surface area contributed by atoms with Crippen LogP contribution in [0.5, 0.6) is 0 Å². The van der Waals surface area contributed by atoms with Gasteiger partial charge in [-0.2, -0.15) is 5.10 Å². The van der Waals surface area contributed by atoms with Crippen molar-refractivity contribution in [1.82, 2.24) is 10.2 Å². The van der Waals surface area contributed by atoms with Crippen molar-refractivity contribution in [3.63, 3.8) is 0 Å². The number of hydrogen-bond donors (Lipinski definition) is 3. The first-order valence-corrected chi connectivity index (χ1v) is 7.09. The van der Waals surface area contributed by atoms with Gasteiger partial charge in [0.25, 0.3) is 0 Å². The average molecular weight is 266 g/mol. The van der Waals surface area contributed by atoms with Crippen LogP contribution in [-0.4, -0.2) is 22.6 Å². The van der Waals surface area contributed by atoms with Crippen molar-refractivity contribution >= 4 is 11.6 Å². The molecule has 108 valence electrons. The quantitative estimate of drug-likeness (QED) is 0.676. The lowest BCUT2D eigenvalue weighted by atomic mass is 9.94. The second-order valence-electron chi connectivity index (χ2n) is 5.13. The molecule has 4 N–H and O–H groups in total. The number of hydrogen-bond acceptors (Lipinski definition) is 3. The molecule has 5 nitrogen and oxygen atoms in total. The van der Waals surface area contributed by atoms with Crippen LogP contribution in [0.4, 0.5) is 5.69 Å². The summed E-state index contributed by atoms with van der Waals surface area (Å²) >= 11 is 0. The first-order valence-electron chi connectivity index (χ1n) is 7.09. The van der Waals surface area contributed by atoms with Gasteiger partial charge in [-0.05, 0) is 39.2 Å². The molecule has 0 aliphatic heterocycles. The molecule has 0 spiro atoms. The molecule has 0 bridgehead atoms. The zero-order valence-electron chi connectivity index (χ0n) is 12.3. The van der Waals surface area contributed by atoms with Gasteiger partial charge in [0, 0.05) is 6.42 Å². The third kappa shape index (κ3) is 5.03. The highest BCUT2D eigenvalue weighted by atomic mass is 16.1. The maximum absolute atomic E-state index is 11.9. The Bertz CT molecular complexity index is 375. The topological polar surface area (TPSA) is 83.8 Å². The van der Waals surface area contributed by atoms with E-state index in [1.807, 2.05) is 13.8 Å². The van der Waals surface area contributed by atoms with E-state index in [1.54, 1.807) is 0 Å². The largest absolute Gasteiger partial charge is 0.330 e. The van der Waals surface area contributed by atoms with Gasteiger partial charge < -0.3 is 11.1 Å². The van der Waals surface area contributed by atoms with E-state index < -0.39 is 0 Å². The van der Waals surface area contributed by atoms with Crippen LogP contribution in [0.1, 0.15) is 50.4 Å². The molecule has 0 aliphatic rings. The Morgan fingerprint density at radius 3 is 2.63 bits per heavy atom. The Kier molecular flexibility index (Phi) is 6.56. The molecule has 0 aromatic carbocycles. The van der Waals surface area contributed by atoms with Gasteiger partial charge in [-0.15, -0.1) is 0 Å². The summed E-state index contributed by atoms with van der Waals surface area (Å²) in [5, 5.41) is 9.87. The molecule has 1 heterocycles. The third-order valence-corrected chi connectivity index (χ3v) is 3.44. The number of anilines is 1. The van der Waals surface area contributed by atoms with Gasteiger partial charge in [-0.3, -0.25) is 9.89 Å². The highest BCUT2D eigenvalue weighted by Crippen LogP contribution is 2.19. The predicted molar refractivity (Wildman–Crippen MR) is 78.0 cm³/mol. The summed E-state index contributed by atoms with van der Waals surface area (Å²) in [6, 6.07) is 0. The molecule has 19 heavy (non-hydrogen) atoms. The molecular weight excluding hydrogens is 240 g/mol. The zero-order chi connectivity index (χ0) is 14.3. The molecule has 1 aromatic heterocycles. The smallest absolute Gasteiger partial charge is 0.224 e. The van der Waals surface area contributed by atoms with Crippen LogP contribution in [0, 0.1) is 19.8 Å². The van der Waals surface area contributed by atoms with Crippen molar-refractivity contribution in [2.75, 3.05) is 11.9 Å². The molecule has 1 aromatic rings. The highest BCUT2D eigenvalue weighted by Gasteiger charge is 2.13. The average Bonchev–Trinajstić information content (AvgIpc) is 2.68. The second kappa shape index (κ2) is 7.94. The van der Waals surface area contributed by atoms with Crippen LogP contribution in [0.3, 0.4) is 0 Å². The Morgan fingerprint density at radius 2 is 2.11 bits per heavy atom. The minimum atomic E-state index is 0.0609. The molecular formula is C14H26N4O. The lowest BCUT2D eigenvalue weighted by molar-refractivity contribution is -0.116. The van der Waals surface area contributed by atoms with Gasteiger partial charge in [-0.25, -0.2) is 0 Å². The molecule has 1 rings (SSSR count). The summed E-state index contributed by atoms with van der Waals surface area (Å²) in [6.07, 6.45) is 4.76. The fraction of sp³-hybridized carbons (Fsp3) is 0.714. The number of H-pyrrole nitrogens is 1. The minimum Gasteiger partial charge on any atom is -0.330 e. The molecule has 0 fully saturated rings. The summed E-state index contributed by atoms with van der Waals surface area (Å²) in [4.78, 5) is 11.9. The molecule has 0 saturated heterocycles. The van der Waals surface area contributed by atoms with Crippen molar-refractivity contribution in [3.05, 3.63) is 11.4 Å². The molecule has 1 amide bonds. The Balaban J connectivity index is 2.42. The maximum atomic E-state index is 11.9. The minimum absolute atomic E-state index is 0.0609. The third-order valence-electron chi connectivity index (χ3n) is 3.44. The maximum Gasteiger partial charge on any atom is 0.224 e.